The Kier molecular flexibility index (Phi) is 5.80. The Hall–Kier alpha value is -2.75. The third-order valence-electron chi connectivity index (χ3n) is 3.28. The molecule has 0 aliphatic rings. The van der Waals surface area contributed by atoms with Crippen LogP contribution in [-0.4, -0.2) is 20.2 Å². The number of hydrogen-bond acceptors (Lipinski definition) is 4. The zero-order valence-electron chi connectivity index (χ0n) is 13.5. The van der Waals surface area contributed by atoms with Crippen LogP contribution in [0.2, 0.25) is 0 Å². The average molecular weight is 312 g/mol. The van der Waals surface area contributed by atoms with E-state index in [4.69, 9.17) is 14.2 Å². The van der Waals surface area contributed by atoms with Crippen molar-refractivity contribution in [1.82, 2.24) is 0 Å². The van der Waals surface area contributed by atoms with Gasteiger partial charge < -0.3 is 14.2 Å². The van der Waals surface area contributed by atoms with E-state index in [0.29, 0.717) is 23.7 Å². The van der Waals surface area contributed by atoms with Crippen molar-refractivity contribution in [3.63, 3.8) is 0 Å². The van der Waals surface area contributed by atoms with Gasteiger partial charge in [-0.2, -0.15) is 0 Å². The molecule has 0 heterocycles. The third kappa shape index (κ3) is 4.61. The fourth-order valence-corrected chi connectivity index (χ4v) is 2.21. The quantitative estimate of drug-likeness (QED) is 0.600. The normalized spacial score (nSPS) is 10.6. The second-order valence-corrected chi connectivity index (χ2v) is 4.92. The first-order chi connectivity index (χ1) is 11.1. The van der Waals surface area contributed by atoms with Crippen LogP contribution in [0.25, 0.3) is 6.08 Å². The van der Waals surface area contributed by atoms with Crippen LogP contribution in [0.5, 0.6) is 17.2 Å². The maximum absolute atomic E-state index is 11.1. The largest absolute Gasteiger partial charge is 0.493 e. The van der Waals surface area contributed by atoms with Gasteiger partial charge in [-0.3, -0.25) is 4.79 Å². The van der Waals surface area contributed by atoms with Crippen LogP contribution in [0.4, 0.5) is 0 Å². The summed E-state index contributed by atoms with van der Waals surface area (Å²) < 4.78 is 15.7. The number of hydrogen-bond donors (Lipinski definition) is 0. The summed E-state index contributed by atoms with van der Waals surface area (Å²) in [6.07, 6.45) is 4.67. The fourth-order valence-electron chi connectivity index (χ4n) is 2.21. The van der Waals surface area contributed by atoms with Gasteiger partial charge in [0, 0.05) is 6.92 Å². The maximum atomic E-state index is 11.1. The van der Waals surface area contributed by atoms with Gasteiger partial charge in [-0.25, -0.2) is 0 Å². The molecule has 0 saturated carbocycles. The Bertz CT molecular complexity index is 704. The number of carbonyl (C=O) groups is 1. The molecule has 0 saturated heterocycles. The van der Waals surface area contributed by atoms with E-state index in [0.717, 1.165) is 11.1 Å². The first-order valence-electron chi connectivity index (χ1n) is 7.29. The van der Waals surface area contributed by atoms with E-state index in [-0.39, 0.29) is 5.97 Å². The van der Waals surface area contributed by atoms with Crippen LogP contribution in [0.1, 0.15) is 18.1 Å². The van der Waals surface area contributed by atoms with Crippen molar-refractivity contribution in [3.8, 4) is 17.2 Å². The number of allylic oxidation sites excluding steroid dienone is 1. The number of benzene rings is 2. The van der Waals surface area contributed by atoms with Gasteiger partial charge in [-0.1, -0.05) is 36.4 Å². The monoisotopic (exact) mass is 312 g/mol. The van der Waals surface area contributed by atoms with E-state index in [1.54, 1.807) is 20.3 Å². The second-order valence-electron chi connectivity index (χ2n) is 4.92. The van der Waals surface area contributed by atoms with Crippen LogP contribution < -0.4 is 14.2 Å². The standard InChI is InChI=1S/C19H20O4/c1-14(20)23-17-10-5-4-8-16(17)9-6-7-15-11-12-18(21-2)19(13-15)22-3/h4-8,10-13H,9H2,1-3H3/b7-6+. The Labute approximate surface area is 136 Å². The number of para-hydroxylation sites is 1. The minimum atomic E-state index is -0.318. The molecule has 23 heavy (non-hydrogen) atoms. The third-order valence-corrected chi connectivity index (χ3v) is 3.28. The van der Waals surface area contributed by atoms with E-state index < -0.39 is 0 Å². The number of esters is 1. The van der Waals surface area contributed by atoms with Crippen molar-refractivity contribution < 1.29 is 19.0 Å². The molecule has 0 fully saturated rings. The van der Waals surface area contributed by atoms with Gasteiger partial charge in [0.05, 0.1) is 14.2 Å². The van der Waals surface area contributed by atoms with Gasteiger partial charge in [0.1, 0.15) is 5.75 Å². The molecule has 0 aliphatic carbocycles. The molecule has 0 radical (unpaired) electrons. The highest BCUT2D eigenvalue weighted by atomic mass is 16.5. The predicted octanol–water partition coefficient (Wildman–Crippen LogP) is 3.89. The lowest BCUT2D eigenvalue weighted by molar-refractivity contribution is -0.131. The molecule has 0 aromatic heterocycles. The zero-order valence-corrected chi connectivity index (χ0v) is 13.5. The number of rotatable bonds is 6. The molecule has 0 spiro atoms. The van der Waals surface area contributed by atoms with Gasteiger partial charge in [0.25, 0.3) is 0 Å². The Morgan fingerprint density at radius 3 is 2.43 bits per heavy atom. The second kappa shape index (κ2) is 8.03. The maximum Gasteiger partial charge on any atom is 0.308 e. The van der Waals surface area contributed by atoms with Gasteiger partial charge in [0.15, 0.2) is 11.5 Å². The lowest BCUT2D eigenvalue weighted by atomic mass is 10.1. The van der Waals surface area contributed by atoms with Gasteiger partial charge >= 0.3 is 5.97 Å². The van der Waals surface area contributed by atoms with Gasteiger partial charge in [-0.15, -0.1) is 0 Å². The topological polar surface area (TPSA) is 44.8 Å². The molecule has 4 heteroatoms. The SMILES string of the molecule is COc1ccc(/C=C/Cc2ccccc2OC(C)=O)cc1OC. The minimum Gasteiger partial charge on any atom is -0.493 e. The molecule has 120 valence electrons. The highest BCUT2D eigenvalue weighted by Gasteiger charge is 2.05. The van der Waals surface area contributed by atoms with Crippen molar-refractivity contribution in [2.45, 2.75) is 13.3 Å². The van der Waals surface area contributed by atoms with Crippen LogP contribution in [0.3, 0.4) is 0 Å². The van der Waals surface area contributed by atoms with E-state index in [9.17, 15) is 4.79 Å². The highest BCUT2D eigenvalue weighted by Crippen LogP contribution is 2.28. The van der Waals surface area contributed by atoms with E-state index in [2.05, 4.69) is 0 Å². The van der Waals surface area contributed by atoms with Crippen molar-refractivity contribution >= 4 is 12.0 Å². The molecule has 0 unspecified atom stereocenters. The molecule has 2 aromatic rings. The van der Waals surface area contributed by atoms with Crippen molar-refractivity contribution in [2.75, 3.05) is 14.2 Å². The highest BCUT2D eigenvalue weighted by molar-refractivity contribution is 5.69. The van der Waals surface area contributed by atoms with Crippen LogP contribution >= 0.6 is 0 Å². The van der Waals surface area contributed by atoms with E-state index in [1.165, 1.54) is 6.92 Å². The first kappa shape index (κ1) is 16.6. The summed E-state index contributed by atoms with van der Waals surface area (Å²) in [5.41, 5.74) is 1.96. The molecule has 0 aliphatic heterocycles. The number of carbonyl (C=O) groups excluding carboxylic acids is 1. The summed E-state index contributed by atoms with van der Waals surface area (Å²) in [6, 6.07) is 13.2. The van der Waals surface area contributed by atoms with Crippen LogP contribution in [0, 0.1) is 0 Å². The van der Waals surface area contributed by atoms with Crippen molar-refractivity contribution in [1.29, 1.82) is 0 Å². The fraction of sp³-hybridized carbons (Fsp3) is 0.211. The molecular formula is C19H20O4. The number of ether oxygens (including phenoxy) is 3. The smallest absolute Gasteiger partial charge is 0.308 e. The summed E-state index contributed by atoms with van der Waals surface area (Å²) in [7, 11) is 3.22. The summed E-state index contributed by atoms with van der Waals surface area (Å²) >= 11 is 0. The average Bonchev–Trinajstić information content (AvgIpc) is 2.55. The summed E-state index contributed by atoms with van der Waals surface area (Å²) in [6.45, 7) is 1.40. The molecule has 0 atom stereocenters. The van der Waals surface area contributed by atoms with Crippen LogP contribution in [-0.2, 0) is 11.2 Å². The van der Waals surface area contributed by atoms with Crippen LogP contribution in [0.15, 0.2) is 48.5 Å². The minimum absolute atomic E-state index is 0.318. The lowest BCUT2D eigenvalue weighted by Crippen LogP contribution is -2.03. The summed E-state index contributed by atoms with van der Waals surface area (Å²) in [4.78, 5) is 11.1. The molecule has 0 amide bonds. The number of methoxy groups -OCH3 is 2. The van der Waals surface area contributed by atoms with Crippen molar-refractivity contribution in [2.24, 2.45) is 0 Å². The Balaban J connectivity index is 2.12. The zero-order chi connectivity index (χ0) is 16.7. The van der Waals surface area contributed by atoms with Crippen molar-refractivity contribution in [3.05, 3.63) is 59.7 Å². The molecule has 2 rings (SSSR count). The molecule has 0 N–H and O–H groups in total. The lowest BCUT2D eigenvalue weighted by Gasteiger charge is -2.08. The van der Waals surface area contributed by atoms with E-state index in [1.807, 2.05) is 48.6 Å². The predicted molar refractivity (Wildman–Crippen MR) is 90.0 cm³/mol. The summed E-state index contributed by atoms with van der Waals surface area (Å²) in [5.74, 6) is 1.66. The summed E-state index contributed by atoms with van der Waals surface area (Å²) in [5, 5.41) is 0. The van der Waals surface area contributed by atoms with E-state index >= 15 is 0 Å². The Morgan fingerprint density at radius 1 is 1.00 bits per heavy atom. The Morgan fingerprint density at radius 2 is 1.74 bits per heavy atom. The molecule has 2 aromatic carbocycles. The van der Waals surface area contributed by atoms with Gasteiger partial charge in [-0.05, 0) is 35.7 Å². The van der Waals surface area contributed by atoms with Gasteiger partial charge in [0.2, 0.25) is 0 Å². The molecule has 0 bridgehead atoms. The first-order valence-corrected chi connectivity index (χ1v) is 7.29. The molecular weight excluding hydrogens is 292 g/mol. The molecule has 4 nitrogen and oxygen atoms in total.